The van der Waals surface area contributed by atoms with Gasteiger partial charge in [0.1, 0.15) is 5.75 Å². The van der Waals surface area contributed by atoms with Crippen molar-refractivity contribution in [1.82, 2.24) is 0 Å². The number of aromatic hydroxyl groups is 1. The van der Waals surface area contributed by atoms with Gasteiger partial charge in [-0.3, -0.25) is 0 Å². The van der Waals surface area contributed by atoms with E-state index in [-0.39, 0.29) is 5.75 Å². The predicted molar refractivity (Wildman–Crippen MR) is 89.1 cm³/mol. The van der Waals surface area contributed by atoms with Crippen molar-refractivity contribution in [2.45, 2.75) is 32.6 Å². The van der Waals surface area contributed by atoms with Gasteiger partial charge in [0.05, 0.1) is 5.56 Å². The molecule has 0 aliphatic rings. The van der Waals surface area contributed by atoms with Crippen molar-refractivity contribution in [2.75, 3.05) is 5.73 Å². The maximum atomic E-state index is 10.9. The molecule has 0 saturated carbocycles. The van der Waals surface area contributed by atoms with Crippen LogP contribution in [0.1, 0.15) is 42.1 Å². The van der Waals surface area contributed by atoms with Crippen LogP contribution in [0, 0.1) is 0 Å². The lowest BCUT2D eigenvalue weighted by atomic mass is 10.0. The van der Waals surface area contributed by atoms with Gasteiger partial charge in [-0.1, -0.05) is 38.0 Å². The van der Waals surface area contributed by atoms with E-state index in [1.54, 1.807) is 36.4 Å². The average molecular weight is 301 g/mol. The quantitative estimate of drug-likeness (QED) is 0.441. The van der Waals surface area contributed by atoms with Crippen LogP contribution in [0.2, 0.25) is 0 Å². The number of hydrogen-bond acceptors (Lipinski definition) is 3. The fourth-order valence-corrected chi connectivity index (χ4v) is 1.99. The summed E-state index contributed by atoms with van der Waals surface area (Å²) in [5, 5.41) is 17.6. The minimum atomic E-state index is -0.822. The summed E-state index contributed by atoms with van der Waals surface area (Å²) in [6.45, 7) is 2.14. The van der Waals surface area contributed by atoms with Crippen molar-refractivity contribution in [2.24, 2.45) is 0 Å². The molecule has 2 aromatic carbocycles. The maximum Gasteiger partial charge on any atom is 0.335 e. The van der Waals surface area contributed by atoms with Crippen LogP contribution in [0.15, 0.2) is 48.5 Å². The van der Waals surface area contributed by atoms with Crippen LogP contribution in [-0.2, 0) is 6.42 Å². The van der Waals surface area contributed by atoms with Crippen LogP contribution in [0.3, 0.4) is 0 Å². The lowest BCUT2D eigenvalue weighted by Gasteiger charge is -2.04. The first-order valence-corrected chi connectivity index (χ1v) is 7.40. The zero-order chi connectivity index (χ0) is 16.4. The van der Waals surface area contributed by atoms with Gasteiger partial charge in [-0.2, -0.15) is 0 Å². The van der Waals surface area contributed by atoms with Gasteiger partial charge in [0.2, 0.25) is 0 Å². The van der Waals surface area contributed by atoms with E-state index < -0.39 is 5.97 Å². The highest BCUT2D eigenvalue weighted by atomic mass is 16.4. The normalized spacial score (nSPS) is 9.68. The summed E-state index contributed by atoms with van der Waals surface area (Å²) in [6, 6.07) is 13.6. The number of nitrogens with two attached hydrogens (primary N) is 1. The minimum absolute atomic E-state index is 0.249. The monoisotopic (exact) mass is 301 g/mol. The summed E-state index contributed by atoms with van der Waals surface area (Å²) in [6.07, 6.45) is 4.26. The van der Waals surface area contributed by atoms with Crippen molar-refractivity contribution >= 4 is 11.7 Å². The second kappa shape index (κ2) is 9.45. The molecule has 4 nitrogen and oxygen atoms in total. The highest BCUT2D eigenvalue weighted by Crippen LogP contribution is 2.12. The van der Waals surface area contributed by atoms with E-state index in [2.05, 4.69) is 6.92 Å². The first kappa shape index (κ1) is 17.6. The molecule has 0 aliphatic heterocycles. The van der Waals surface area contributed by atoms with Gasteiger partial charge in [-0.15, -0.1) is 0 Å². The number of carboxylic acid groups (broad SMARTS) is 1. The summed E-state index contributed by atoms with van der Waals surface area (Å²) in [5.74, 6) is -0.573. The Morgan fingerprint density at radius 1 is 1.05 bits per heavy atom. The Labute approximate surface area is 131 Å². The first-order valence-electron chi connectivity index (χ1n) is 7.40. The number of carboxylic acids is 1. The molecule has 0 amide bonds. The minimum Gasteiger partial charge on any atom is -0.508 e. The number of unbranched alkanes of at least 4 members (excludes halogenated alkanes) is 2. The molecule has 0 heterocycles. The van der Waals surface area contributed by atoms with Crippen LogP contribution in [-0.4, -0.2) is 16.2 Å². The van der Waals surface area contributed by atoms with Gasteiger partial charge in [-0.05, 0) is 48.7 Å². The molecule has 2 aromatic rings. The summed E-state index contributed by atoms with van der Waals surface area (Å²) in [4.78, 5) is 10.9. The van der Waals surface area contributed by atoms with E-state index in [9.17, 15) is 4.79 Å². The Morgan fingerprint density at radius 3 is 2.23 bits per heavy atom. The fourth-order valence-electron chi connectivity index (χ4n) is 1.99. The van der Waals surface area contributed by atoms with Crippen molar-refractivity contribution in [1.29, 1.82) is 0 Å². The average Bonchev–Trinajstić information content (AvgIpc) is 2.51. The zero-order valence-electron chi connectivity index (χ0n) is 12.8. The number of hydrogen-bond donors (Lipinski definition) is 3. The van der Waals surface area contributed by atoms with Gasteiger partial charge in [-0.25, -0.2) is 4.79 Å². The summed E-state index contributed by atoms with van der Waals surface area (Å²) >= 11 is 0. The second-order valence-corrected chi connectivity index (χ2v) is 5.01. The molecule has 0 radical (unpaired) electrons. The summed E-state index contributed by atoms with van der Waals surface area (Å²) in [5.41, 5.74) is 7.38. The first-order chi connectivity index (χ1) is 10.5. The lowest BCUT2D eigenvalue weighted by molar-refractivity contribution is 0.0695. The van der Waals surface area contributed by atoms with Gasteiger partial charge in [0, 0.05) is 5.69 Å². The molecule has 0 aromatic heterocycles. The molecule has 0 spiro atoms. The second-order valence-electron chi connectivity index (χ2n) is 5.01. The topological polar surface area (TPSA) is 83.5 Å². The Balaban J connectivity index is 0.000000255. The Bertz CT molecular complexity index is 558. The Kier molecular flexibility index (Phi) is 7.54. The number of carbonyl (C=O) groups is 1. The van der Waals surface area contributed by atoms with Gasteiger partial charge in [0.25, 0.3) is 0 Å². The number of phenolic OH excluding ortho intramolecular Hbond substituents is 1. The van der Waals surface area contributed by atoms with E-state index in [1.807, 2.05) is 12.1 Å². The number of aromatic carboxylic acids is 1. The lowest BCUT2D eigenvalue weighted by Crippen LogP contribution is -2.01. The van der Waals surface area contributed by atoms with Crippen molar-refractivity contribution in [3.8, 4) is 5.75 Å². The standard InChI is InChI=1S/C12H16O2.C6H7NO/c1-2-3-4-7-10-8-5-6-9-11(10)12(13)14;7-5-1-3-6(8)4-2-5/h5-6,8-9H,2-4,7H2,1H3,(H,13,14);1-4,8H,7H2. The highest BCUT2D eigenvalue weighted by molar-refractivity contribution is 5.89. The third-order valence-electron chi connectivity index (χ3n) is 3.19. The number of nitrogen functional groups attached to an aromatic ring is 1. The number of aryl methyl sites for hydroxylation is 1. The fraction of sp³-hybridized carbons (Fsp3) is 0.278. The Morgan fingerprint density at radius 2 is 1.68 bits per heavy atom. The van der Waals surface area contributed by atoms with Crippen LogP contribution < -0.4 is 5.73 Å². The van der Waals surface area contributed by atoms with Crippen LogP contribution >= 0.6 is 0 Å². The molecule has 0 fully saturated rings. The largest absolute Gasteiger partial charge is 0.508 e. The SMILES string of the molecule is CCCCCc1ccccc1C(=O)O.Nc1ccc(O)cc1. The molecule has 0 atom stereocenters. The van der Waals surface area contributed by atoms with Gasteiger partial charge < -0.3 is 15.9 Å². The van der Waals surface area contributed by atoms with E-state index in [0.29, 0.717) is 11.3 Å². The zero-order valence-corrected chi connectivity index (χ0v) is 12.8. The van der Waals surface area contributed by atoms with E-state index in [4.69, 9.17) is 15.9 Å². The molecule has 22 heavy (non-hydrogen) atoms. The third-order valence-corrected chi connectivity index (χ3v) is 3.19. The maximum absolute atomic E-state index is 10.9. The van der Waals surface area contributed by atoms with E-state index >= 15 is 0 Å². The van der Waals surface area contributed by atoms with E-state index in [1.165, 1.54) is 0 Å². The predicted octanol–water partition coefficient (Wildman–Crippen LogP) is 4.09. The van der Waals surface area contributed by atoms with E-state index in [0.717, 1.165) is 31.2 Å². The summed E-state index contributed by atoms with van der Waals surface area (Å²) in [7, 11) is 0. The number of phenols is 1. The van der Waals surface area contributed by atoms with Crippen molar-refractivity contribution in [3.63, 3.8) is 0 Å². The molecule has 0 unspecified atom stereocenters. The third kappa shape index (κ3) is 6.31. The van der Waals surface area contributed by atoms with Crippen molar-refractivity contribution in [3.05, 3.63) is 59.7 Å². The molecular weight excluding hydrogens is 278 g/mol. The highest BCUT2D eigenvalue weighted by Gasteiger charge is 2.07. The summed E-state index contributed by atoms with van der Waals surface area (Å²) < 4.78 is 0. The molecule has 4 N–H and O–H groups in total. The molecule has 0 aliphatic carbocycles. The molecule has 0 bridgehead atoms. The number of anilines is 1. The molecule has 4 heteroatoms. The molecule has 118 valence electrons. The van der Waals surface area contributed by atoms with Crippen LogP contribution in [0.4, 0.5) is 5.69 Å². The van der Waals surface area contributed by atoms with Gasteiger partial charge in [0.15, 0.2) is 0 Å². The molecule has 0 saturated heterocycles. The smallest absolute Gasteiger partial charge is 0.335 e. The molecule has 2 rings (SSSR count). The van der Waals surface area contributed by atoms with Crippen molar-refractivity contribution < 1.29 is 15.0 Å². The van der Waals surface area contributed by atoms with Crippen LogP contribution in [0.25, 0.3) is 0 Å². The Hall–Kier alpha value is -2.49. The van der Waals surface area contributed by atoms with Crippen LogP contribution in [0.5, 0.6) is 5.75 Å². The van der Waals surface area contributed by atoms with Gasteiger partial charge >= 0.3 is 5.97 Å². The number of benzene rings is 2. The molecular formula is C18H23NO3. The number of rotatable bonds is 5.